The Balaban J connectivity index is 1.64. The number of thiocarbonyl (C=S) groups is 1. The maximum atomic E-state index is 12.2. The number of piperidine rings is 1. The molecule has 170 valence electrons. The van der Waals surface area contributed by atoms with E-state index in [9.17, 15) is 5.21 Å². The van der Waals surface area contributed by atoms with E-state index in [-0.39, 0.29) is 10.1 Å². The number of benzene rings is 1. The van der Waals surface area contributed by atoms with Crippen molar-refractivity contribution in [3.8, 4) is 0 Å². The Morgan fingerprint density at radius 1 is 1.19 bits per heavy atom. The van der Waals surface area contributed by atoms with Crippen LogP contribution in [0.5, 0.6) is 0 Å². The Hall–Kier alpha value is -1.48. The Morgan fingerprint density at radius 3 is 2.45 bits per heavy atom. The molecule has 1 aromatic carbocycles. The predicted molar refractivity (Wildman–Crippen MR) is 136 cm³/mol. The van der Waals surface area contributed by atoms with Crippen LogP contribution in [0.2, 0.25) is 0 Å². The van der Waals surface area contributed by atoms with Gasteiger partial charge in [0.2, 0.25) is 0 Å². The Labute approximate surface area is 195 Å². The summed E-state index contributed by atoms with van der Waals surface area (Å²) >= 11 is 7.54. The lowest BCUT2D eigenvalue weighted by Crippen LogP contribution is -2.55. The molecule has 3 heterocycles. The molecule has 4 rings (SSSR count). The molecule has 6 nitrogen and oxygen atoms in total. The molecule has 1 N–H and O–H groups in total. The molecule has 0 atom stereocenters. The third-order valence-corrected chi connectivity index (χ3v) is 8.29. The van der Waals surface area contributed by atoms with Gasteiger partial charge >= 0.3 is 0 Å². The zero-order valence-corrected chi connectivity index (χ0v) is 21.0. The highest BCUT2D eigenvalue weighted by atomic mass is 32.1. The summed E-state index contributed by atoms with van der Waals surface area (Å²) < 4.78 is 1.01. The molecule has 0 aliphatic carbocycles. The average Bonchev–Trinajstić information content (AvgIpc) is 3.11. The van der Waals surface area contributed by atoms with Crippen LogP contribution in [0.3, 0.4) is 0 Å². The molecule has 0 bridgehead atoms. The number of quaternary nitrogens is 1. The summed E-state index contributed by atoms with van der Waals surface area (Å²) in [6.45, 7) is 13.6. The molecule has 0 spiro atoms. The molecule has 1 aromatic heterocycles. The zero-order valence-electron chi connectivity index (χ0n) is 19.4. The second-order valence-electron chi connectivity index (χ2n) is 10.4. The van der Waals surface area contributed by atoms with Crippen molar-refractivity contribution in [2.75, 3.05) is 56.5 Å². The van der Waals surface area contributed by atoms with Crippen LogP contribution in [0.15, 0.2) is 12.1 Å². The van der Waals surface area contributed by atoms with E-state index < -0.39 is 0 Å². The van der Waals surface area contributed by atoms with E-state index in [0.29, 0.717) is 31.3 Å². The number of nitrogens with one attached hydrogen (secondary N) is 1. The first-order chi connectivity index (χ1) is 14.5. The van der Waals surface area contributed by atoms with Gasteiger partial charge in [0.15, 0.2) is 5.11 Å². The molecular weight excluding hydrogens is 426 g/mol. The summed E-state index contributed by atoms with van der Waals surface area (Å²) in [5, 5.41) is 17.6. The number of hydrogen-bond acceptors (Lipinski definition) is 5. The van der Waals surface area contributed by atoms with Gasteiger partial charge in [-0.25, -0.2) is 4.98 Å². The molecule has 2 saturated heterocycles. The SMILES string of the molecule is CC1CCN(c2cc3nc(C(C)(C)C)sc3cc2NC(=S)N2CC[N+](C)([O-])CC2)CC1. The third-order valence-electron chi connectivity index (χ3n) is 6.49. The van der Waals surface area contributed by atoms with Gasteiger partial charge in [0.05, 0.1) is 59.8 Å². The minimum atomic E-state index is -0.182. The second kappa shape index (κ2) is 8.46. The van der Waals surface area contributed by atoms with Crippen LogP contribution in [0.1, 0.15) is 45.5 Å². The maximum absolute atomic E-state index is 12.2. The van der Waals surface area contributed by atoms with Crippen molar-refractivity contribution in [2.24, 2.45) is 5.92 Å². The fourth-order valence-corrected chi connectivity index (χ4v) is 5.52. The number of rotatable bonds is 2. The van der Waals surface area contributed by atoms with Crippen molar-refractivity contribution in [1.29, 1.82) is 0 Å². The Morgan fingerprint density at radius 2 is 1.84 bits per heavy atom. The minimum Gasteiger partial charge on any atom is -0.633 e. The number of aromatic nitrogens is 1. The van der Waals surface area contributed by atoms with E-state index in [1.54, 1.807) is 18.4 Å². The molecular formula is C23H35N5OS2. The van der Waals surface area contributed by atoms with Crippen molar-refractivity contribution in [1.82, 2.24) is 9.88 Å². The fraction of sp³-hybridized carbons (Fsp3) is 0.652. The molecule has 2 aliphatic heterocycles. The predicted octanol–water partition coefficient (Wildman–Crippen LogP) is 4.79. The number of likely N-dealkylation sites (N-methyl/N-ethyl adjacent to an activating group) is 1. The monoisotopic (exact) mass is 461 g/mol. The quantitative estimate of drug-likeness (QED) is 0.394. The topological polar surface area (TPSA) is 54.5 Å². The molecule has 0 amide bonds. The molecule has 2 fully saturated rings. The molecule has 8 heteroatoms. The van der Waals surface area contributed by atoms with Crippen LogP contribution in [0.4, 0.5) is 11.4 Å². The number of fused-ring (bicyclic) bond motifs is 1. The summed E-state index contributed by atoms with van der Waals surface area (Å²) in [5.41, 5.74) is 3.34. The summed E-state index contributed by atoms with van der Waals surface area (Å²) in [4.78, 5) is 9.57. The summed E-state index contributed by atoms with van der Waals surface area (Å²) in [5.74, 6) is 0.775. The summed E-state index contributed by atoms with van der Waals surface area (Å²) in [6, 6.07) is 4.46. The molecule has 0 saturated carbocycles. The van der Waals surface area contributed by atoms with Crippen LogP contribution in [-0.4, -0.2) is 66.0 Å². The fourth-order valence-electron chi connectivity index (χ4n) is 4.18. The van der Waals surface area contributed by atoms with Gasteiger partial charge in [-0.1, -0.05) is 27.7 Å². The highest BCUT2D eigenvalue weighted by Gasteiger charge is 2.26. The number of nitrogens with zero attached hydrogens (tertiary/aromatic N) is 4. The van der Waals surface area contributed by atoms with Gasteiger partial charge in [-0.2, -0.15) is 0 Å². The second-order valence-corrected chi connectivity index (χ2v) is 11.9. The molecule has 0 unspecified atom stereocenters. The number of anilines is 2. The number of piperazine rings is 1. The van der Waals surface area contributed by atoms with Gasteiger partial charge < -0.3 is 25.0 Å². The molecule has 0 radical (unpaired) electrons. The van der Waals surface area contributed by atoms with E-state index in [0.717, 1.165) is 35.2 Å². The highest BCUT2D eigenvalue weighted by Crippen LogP contribution is 2.38. The van der Waals surface area contributed by atoms with Crippen molar-refractivity contribution in [2.45, 2.75) is 46.0 Å². The van der Waals surface area contributed by atoms with Crippen molar-refractivity contribution < 1.29 is 4.65 Å². The van der Waals surface area contributed by atoms with Gasteiger partial charge in [0, 0.05) is 18.5 Å². The lowest BCUT2D eigenvalue weighted by Gasteiger charge is -2.45. The van der Waals surface area contributed by atoms with Crippen LogP contribution in [-0.2, 0) is 5.41 Å². The van der Waals surface area contributed by atoms with Gasteiger partial charge in [0.25, 0.3) is 0 Å². The van der Waals surface area contributed by atoms with Gasteiger partial charge in [0.1, 0.15) is 0 Å². The Bertz CT molecular complexity index is 947. The van der Waals surface area contributed by atoms with Crippen LogP contribution >= 0.6 is 23.6 Å². The van der Waals surface area contributed by atoms with E-state index >= 15 is 0 Å². The summed E-state index contributed by atoms with van der Waals surface area (Å²) in [7, 11) is 1.74. The largest absolute Gasteiger partial charge is 0.633 e. The minimum absolute atomic E-state index is 0.0321. The standard InChI is InChI=1S/C23H35N5OS2/c1-16-6-8-26(9-7-16)19-14-18-20(31-21(24-18)23(2,3)4)15-17(19)25-22(30)27-10-12-28(5,29)13-11-27/h14-16H,6-13H2,1-5H3,(H,25,30). The third kappa shape index (κ3) is 5.13. The maximum Gasteiger partial charge on any atom is 0.173 e. The number of thiazole rings is 1. The highest BCUT2D eigenvalue weighted by molar-refractivity contribution is 7.80. The van der Waals surface area contributed by atoms with Crippen molar-refractivity contribution >= 4 is 50.3 Å². The lowest BCUT2D eigenvalue weighted by atomic mass is 9.98. The molecule has 2 aliphatic rings. The first kappa shape index (κ1) is 22.7. The first-order valence-corrected chi connectivity index (χ1v) is 12.6. The van der Waals surface area contributed by atoms with Crippen LogP contribution in [0.25, 0.3) is 10.2 Å². The normalized spacial score (nSPS) is 20.3. The van der Waals surface area contributed by atoms with Crippen LogP contribution < -0.4 is 10.2 Å². The van der Waals surface area contributed by atoms with E-state index in [1.807, 2.05) is 0 Å². The zero-order chi connectivity index (χ0) is 22.4. The summed E-state index contributed by atoms with van der Waals surface area (Å²) in [6.07, 6.45) is 2.41. The van der Waals surface area contributed by atoms with Crippen molar-refractivity contribution in [3.05, 3.63) is 22.3 Å². The Kier molecular flexibility index (Phi) is 6.20. The van der Waals surface area contributed by atoms with Gasteiger partial charge in [-0.3, -0.25) is 0 Å². The van der Waals surface area contributed by atoms with E-state index in [1.165, 1.54) is 23.2 Å². The first-order valence-electron chi connectivity index (χ1n) is 11.3. The van der Waals surface area contributed by atoms with Gasteiger partial charge in [-0.05, 0) is 43.1 Å². The number of hydrogen-bond donors (Lipinski definition) is 1. The molecule has 2 aromatic rings. The lowest BCUT2D eigenvalue weighted by molar-refractivity contribution is -0.864. The van der Waals surface area contributed by atoms with Crippen LogP contribution in [0, 0.1) is 11.1 Å². The molecule has 31 heavy (non-hydrogen) atoms. The van der Waals surface area contributed by atoms with Crippen molar-refractivity contribution in [3.63, 3.8) is 0 Å². The average molecular weight is 462 g/mol. The van der Waals surface area contributed by atoms with E-state index in [2.05, 4.69) is 54.9 Å². The van der Waals surface area contributed by atoms with Gasteiger partial charge in [-0.15, -0.1) is 11.3 Å². The smallest absolute Gasteiger partial charge is 0.173 e. The number of hydroxylamine groups is 3. The van der Waals surface area contributed by atoms with E-state index in [4.69, 9.17) is 17.2 Å².